The van der Waals surface area contributed by atoms with E-state index in [0.29, 0.717) is 6.08 Å². The first kappa shape index (κ1) is 18.0. The highest BCUT2D eigenvalue weighted by atomic mass is 19.3. The van der Waals surface area contributed by atoms with E-state index in [-0.39, 0.29) is 0 Å². The third kappa shape index (κ3) is 3.79. The summed E-state index contributed by atoms with van der Waals surface area (Å²) >= 11 is 0. The summed E-state index contributed by atoms with van der Waals surface area (Å²) in [4.78, 5) is 33.0. The van der Waals surface area contributed by atoms with Crippen molar-refractivity contribution in [3.05, 3.63) is 12.2 Å². The first-order chi connectivity index (χ1) is 9.99. The van der Waals surface area contributed by atoms with Gasteiger partial charge in [0, 0.05) is 20.8 Å². The van der Waals surface area contributed by atoms with Gasteiger partial charge in [-0.25, -0.2) is 0 Å². The fraction of sp³-hybridized carbons (Fsp3) is 0.615. The minimum Gasteiger partial charge on any atom is -0.462 e. The second-order valence-corrected chi connectivity index (χ2v) is 4.79. The summed E-state index contributed by atoms with van der Waals surface area (Å²) < 4.78 is 42.0. The molecule has 0 unspecified atom stereocenters. The topological polar surface area (TPSA) is 99.1 Å². The molecular formula is C13H16F2O7. The number of esters is 3. The average molecular weight is 322 g/mol. The minimum absolute atomic E-state index is 0.310. The van der Waals surface area contributed by atoms with Crippen LogP contribution in [0.2, 0.25) is 0 Å². The van der Waals surface area contributed by atoms with E-state index in [1.54, 1.807) is 0 Å². The first-order valence-electron chi connectivity index (χ1n) is 6.27. The zero-order chi connectivity index (χ0) is 17.1. The molecule has 0 saturated carbocycles. The van der Waals surface area contributed by atoms with Crippen molar-refractivity contribution in [1.29, 1.82) is 0 Å². The van der Waals surface area contributed by atoms with Crippen molar-refractivity contribution in [3.8, 4) is 0 Å². The number of alkyl halides is 2. The van der Waals surface area contributed by atoms with Gasteiger partial charge < -0.3 is 19.3 Å². The maximum atomic E-state index is 14.1. The third-order valence-electron chi connectivity index (χ3n) is 2.93. The van der Waals surface area contributed by atoms with Crippen molar-refractivity contribution in [1.82, 2.24) is 0 Å². The van der Waals surface area contributed by atoms with E-state index in [1.165, 1.54) is 0 Å². The van der Waals surface area contributed by atoms with Crippen LogP contribution in [0.15, 0.2) is 12.2 Å². The number of carbonyl (C=O) groups excluding carboxylic acids is 3. The number of rotatable bonds is 4. The molecule has 0 saturated heterocycles. The second kappa shape index (κ2) is 6.39. The van der Waals surface area contributed by atoms with E-state index >= 15 is 0 Å². The van der Waals surface area contributed by atoms with Crippen molar-refractivity contribution >= 4 is 17.9 Å². The maximum Gasteiger partial charge on any atom is 0.303 e. The maximum absolute atomic E-state index is 14.1. The van der Waals surface area contributed by atoms with Gasteiger partial charge in [-0.15, -0.1) is 0 Å². The molecule has 3 atom stereocenters. The smallest absolute Gasteiger partial charge is 0.303 e. The van der Waals surface area contributed by atoms with E-state index in [0.717, 1.165) is 26.8 Å². The van der Waals surface area contributed by atoms with Crippen LogP contribution in [0.3, 0.4) is 0 Å². The van der Waals surface area contributed by atoms with E-state index < -0.39 is 48.2 Å². The normalized spacial score (nSPS) is 29.5. The molecule has 124 valence electrons. The Morgan fingerprint density at radius 3 is 2.09 bits per heavy atom. The summed E-state index contributed by atoms with van der Waals surface area (Å²) in [5, 5.41) is 10.3. The number of hydrogen-bond acceptors (Lipinski definition) is 7. The molecule has 22 heavy (non-hydrogen) atoms. The fourth-order valence-electron chi connectivity index (χ4n) is 1.95. The van der Waals surface area contributed by atoms with Gasteiger partial charge in [0.1, 0.15) is 6.61 Å². The molecule has 0 aliphatic heterocycles. The lowest BCUT2D eigenvalue weighted by atomic mass is 9.81. The molecule has 7 nitrogen and oxygen atoms in total. The van der Waals surface area contributed by atoms with Gasteiger partial charge in [0.05, 0.1) is 0 Å². The van der Waals surface area contributed by atoms with Gasteiger partial charge in [-0.1, -0.05) is 0 Å². The van der Waals surface area contributed by atoms with Crippen LogP contribution in [-0.4, -0.2) is 53.4 Å². The molecule has 1 aliphatic carbocycles. The van der Waals surface area contributed by atoms with E-state index in [9.17, 15) is 28.3 Å². The molecule has 1 aliphatic rings. The number of halogens is 2. The van der Waals surface area contributed by atoms with Gasteiger partial charge in [-0.3, -0.25) is 14.4 Å². The Hall–Kier alpha value is -2.03. The molecule has 0 spiro atoms. The van der Waals surface area contributed by atoms with Crippen LogP contribution in [0.1, 0.15) is 20.8 Å². The summed E-state index contributed by atoms with van der Waals surface area (Å²) in [6.45, 7) is 1.78. The highest BCUT2D eigenvalue weighted by Crippen LogP contribution is 2.40. The summed E-state index contributed by atoms with van der Waals surface area (Å²) in [6.07, 6.45) is -2.27. The molecule has 9 heteroatoms. The molecule has 1 N–H and O–H groups in total. The lowest BCUT2D eigenvalue weighted by Gasteiger charge is -2.43. The monoisotopic (exact) mass is 322 g/mol. The van der Waals surface area contributed by atoms with Crippen LogP contribution in [0.4, 0.5) is 8.78 Å². The molecule has 0 bridgehead atoms. The summed E-state index contributed by atoms with van der Waals surface area (Å²) in [5.41, 5.74) is -3.07. The van der Waals surface area contributed by atoms with Crippen LogP contribution < -0.4 is 0 Å². The van der Waals surface area contributed by atoms with Gasteiger partial charge in [0.15, 0.2) is 12.2 Å². The first-order valence-corrected chi connectivity index (χ1v) is 6.27. The SMILES string of the molecule is CC(=O)OC[C@]1(O)[C@@H](OC(C)=O)[C@H](OC(C)=O)C=CC1(F)F. The van der Waals surface area contributed by atoms with Crippen LogP contribution >= 0.6 is 0 Å². The fourth-order valence-corrected chi connectivity index (χ4v) is 1.95. The van der Waals surface area contributed by atoms with E-state index in [1.807, 2.05) is 0 Å². The Morgan fingerprint density at radius 1 is 1.09 bits per heavy atom. The van der Waals surface area contributed by atoms with Gasteiger partial charge in [0.25, 0.3) is 0 Å². The zero-order valence-electron chi connectivity index (χ0n) is 12.2. The average Bonchev–Trinajstić information content (AvgIpc) is 2.36. The quantitative estimate of drug-likeness (QED) is 0.453. The standard InChI is InChI=1S/C13H16F2O7/c1-7(16)20-6-12(19)11(22-9(3)18)10(21-8(2)17)4-5-13(12,14)15/h4-5,10-11,19H,6H2,1-3H3/t10-,11+,12+/m1/s1. The van der Waals surface area contributed by atoms with Gasteiger partial charge >= 0.3 is 23.8 Å². The summed E-state index contributed by atoms with van der Waals surface area (Å²) in [5.74, 6) is -6.59. The van der Waals surface area contributed by atoms with E-state index in [4.69, 9.17) is 9.47 Å². The van der Waals surface area contributed by atoms with Crippen LogP contribution in [0.25, 0.3) is 0 Å². The van der Waals surface area contributed by atoms with E-state index in [2.05, 4.69) is 4.74 Å². The minimum atomic E-state index is -3.88. The number of aliphatic hydroxyl groups is 1. The molecule has 0 aromatic carbocycles. The predicted molar refractivity (Wildman–Crippen MR) is 66.8 cm³/mol. The lowest BCUT2D eigenvalue weighted by Crippen LogP contribution is -2.66. The Morgan fingerprint density at radius 2 is 1.64 bits per heavy atom. The van der Waals surface area contributed by atoms with Crippen molar-refractivity contribution in [2.45, 2.75) is 44.5 Å². The van der Waals surface area contributed by atoms with Crippen LogP contribution in [-0.2, 0) is 28.6 Å². The van der Waals surface area contributed by atoms with Crippen molar-refractivity contribution in [3.63, 3.8) is 0 Å². The van der Waals surface area contributed by atoms with Crippen LogP contribution in [0, 0.1) is 0 Å². The highest BCUT2D eigenvalue weighted by Gasteiger charge is 2.63. The summed E-state index contributed by atoms with van der Waals surface area (Å²) in [6, 6.07) is 0. The molecule has 0 radical (unpaired) electrons. The Balaban J connectivity index is 3.23. The Bertz CT molecular complexity index is 503. The Labute approximate surface area is 124 Å². The van der Waals surface area contributed by atoms with Gasteiger partial charge in [-0.2, -0.15) is 8.78 Å². The summed E-state index contributed by atoms with van der Waals surface area (Å²) in [7, 11) is 0. The molecule has 0 amide bonds. The van der Waals surface area contributed by atoms with Crippen LogP contribution in [0.5, 0.6) is 0 Å². The molecule has 0 aromatic rings. The lowest BCUT2D eigenvalue weighted by molar-refractivity contribution is -0.253. The van der Waals surface area contributed by atoms with Crippen molar-refractivity contribution in [2.24, 2.45) is 0 Å². The molecule has 0 heterocycles. The van der Waals surface area contributed by atoms with Crippen molar-refractivity contribution < 1.29 is 42.5 Å². The van der Waals surface area contributed by atoms with Gasteiger partial charge in [0.2, 0.25) is 5.60 Å². The highest BCUT2D eigenvalue weighted by molar-refractivity contribution is 5.68. The van der Waals surface area contributed by atoms with Crippen molar-refractivity contribution in [2.75, 3.05) is 6.61 Å². The molecule has 1 rings (SSSR count). The Kier molecular flexibility index (Phi) is 5.23. The molecular weight excluding hydrogens is 306 g/mol. The largest absolute Gasteiger partial charge is 0.462 e. The third-order valence-corrected chi connectivity index (χ3v) is 2.93. The molecule has 0 aromatic heterocycles. The second-order valence-electron chi connectivity index (χ2n) is 4.79. The van der Waals surface area contributed by atoms with Gasteiger partial charge in [-0.05, 0) is 12.2 Å². The number of ether oxygens (including phenoxy) is 3. The zero-order valence-corrected chi connectivity index (χ0v) is 12.2. The number of carbonyl (C=O) groups is 3. The molecule has 0 fully saturated rings. The predicted octanol–water partition coefficient (Wildman–Crippen LogP) is 0.349. The number of hydrogen-bond donors (Lipinski definition) is 1.